The molecule has 0 atom stereocenters. The maximum absolute atomic E-state index is 11.6. The SMILES string of the molecule is O=C(COC(=O)COc1ccc(Nc2ccccc2)cc1)NC1CC1. The Bertz CT molecular complexity index is 712. The van der Waals surface area contributed by atoms with Gasteiger partial charge in [-0.25, -0.2) is 4.79 Å². The van der Waals surface area contributed by atoms with Gasteiger partial charge in [-0.3, -0.25) is 4.79 Å². The summed E-state index contributed by atoms with van der Waals surface area (Å²) in [6, 6.07) is 17.3. The van der Waals surface area contributed by atoms with E-state index in [4.69, 9.17) is 9.47 Å². The van der Waals surface area contributed by atoms with Crippen molar-refractivity contribution in [1.82, 2.24) is 5.32 Å². The molecule has 0 aliphatic heterocycles. The number of ether oxygens (including phenoxy) is 2. The van der Waals surface area contributed by atoms with Gasteiger partial charge in [0, 0.05) is 17.4 Å². The summed E-state index contributed by atoms with van der Waals surface area (Å²) < 4.78 is 10.2. The second-order valence-corrected chi connectivity index (χ2v) is 5.81. The number of anilines is 2. The third-order valence-corrected chi connectivity index (χ3v) is 3.58. The van der Waals surface area contributed by atoms with Crippen molar-refractivity contribution in [3.8, 4) is 5.75 Å². The van der Waals surface area contributed by atoms with Crippen LogP contribution in [-0.4, -0.2) is 31.1 Å². The topological polar surface area (TPSA) is 76.7 Å². The maximum Gasteiger partial charge on any atom is 0.344 e. The summed E-state index contributed by atoms with van der Waals surface area (Å²) in [5.74, 6) is -0.289. The molecule has 0 bridgehead atoms. The molecule has 6 heteroatoms. The van der Waals surface area contributed by atoms with E-state index in [2.05, 4.69) is 10.6 Å². The van der Waals surface area contributed by atoms with Gasteiger partial charge in [-0.05, 0) is 49.2 Å². The van der Waals surface area contributed by atoms with Gasteiger partial charge in [-0.1, -0.05) is 18.2 Å². The molecule has 0 radical (unpaired) electrons. The lowest BCUT2D eigenvalue weighted by Gasteiger charge is -2.09. The fourth-order valence-corrected chi connectivity index (χ4v) is 2.15. The van der Waals surface area contributed by atoms with Crippen molar-refractivity contribution in [2.24, 2.45) is 0 Å². The number of hydrogen-bond acceptors (Lipinski definition) is 5. The Morgan fingerprint density at radius 1 is 0.920 bits per heavy atom. The van der Waals surface area contributed by atoms with Crippen molar-refractivity contribution in [2.75, 3.05) is 18.5 Å². The smallest absolute Gasteiger partial charge is 0.344 e. The number of carbonyl (C=O) groups excluding carboxylic acids is 2. The molecule has 6 nitrogen and oxygen atoms in total. The highest BCUT2D eigenvalue weighted by molar-refractivity contribution is 5.81. The van der Waals surface area contributed by atoms with Crippen molar-refractivity contribution in [2.45, 2.75) is 18.9 Å². The average molecular weight is 340 g/mol. The molecule has 2 aromatic rings. The maximum atomic E-state index is 11.6. The molecular weight excluding hydrogens is 320 g/mol. The number of esters is 1. The van der Waals surface area contributed by atoms with Crippen LogP contribution in [0.1, 0.15) is 12.8 Å². The number of rotatable bonds is 8. The van der Waals surface area contributed by atoms with Gasteiger partial charge in [0.25, 0.3) is 5.91 Å². The predicted molar refractivity (Wildman–Crippen MR) is 93.8 cm³/mol. The van der Waals surface area contributed by atoms with E-state index in [9.17, 15) is 9.59 Å². The standard InChI is InChI=1S/C19H20N2O4/c22-18(21-16-6-7-16)12-25-19(23)13-24-17-10-8-15(9-11-17)20-14-4-2-1-3-5-14/h1-5,8-11,16,20H,6-7,12-13H2,(H,21,22). The zero-order valence-electron chi connectivity index (χ0n) is 13.7. The highest BCUT2D eigenvalue weighted by Gasteiger charge is 2.23. The first-order valence-corrected chi connectivity index (χ1v) is 8.19. The molecule has 0 heterocycles. The Balaban J connectivity index is 1.39. The molecule has 130 valence electrons. The summed E-state index contributed by atoms with van der Waals surface area (Å²) in [5, 5.41) is 6.00. The molecule has 1 aliphatic carbocycles. The molecule has 3 rings (SSSR count). The summed E-state index contributed by atoms with van der Waals surface area (Å²) in [4.78, 5) is 23.0. The Kier molecular flexibility index (Phi) is 5.51. The first kappa shape index (κ1) is 16.8. The van der Waals surface area contributed by atoms with Crippen LogP contribution in [0.25, 0.3) is 0 Å². The van der Waals surface area contributed by atoms with Crippen LogP contribution in [0.5, 0.6) is 5.75 Å². The minimum absolute atomic E-state index is 0.234. The van der Waals surface area contributed by atoms with E-state index in [-0.39, 0.29) is 25.2 Å². The molecule has 0 saturated heterocycles. The van der Waals surface area contributed by atoms with Crippen LogP contribution in [0.2, 0.25) is 0 Å². The van der Waals surface area contributed by atoms with Crippen molar-refractivity contribution in [1.29, 1.82) is 0 Å². The van der Waals surface area contributed by atoms with Crippen molar-refractivity contribution < 1.29 is 19.1 Å². The number of hydrogen-bond donors (Lipinski definition) is 2. The molecule has 0 spiro atoms. The average Bonchev–Trinajstić information content (AvgIpc) is 3.44. The molecule has 1 saturated carbocycles. The molecule has 1 amide bonds. The monoisotopic (exact) mass is 340 g/mol. The number of carbonyl (C=O) groups is 2. The third-order valence-electron chi connectivity index (χ3n) is 3.58. The summed E-state index contributed by atoms with van der Waals surface area (Å²) in [5.41, 5.74) is 1.90. The lowest BCUT2D eigenvalue weighted by Crippen LogP contribution is -2.31. The third kappa shape index (κ3) is 5.84. The van der Waals surface area contributed by atoms with Gasteiger partial charge in [0.05, 0.1) is 0 Å². The van der Waals surface area contributed by atoms with E-state index in [0.717, 1.165) is 24.2 Å². The first-order valence-electron chi connectivity index (χ1n) is 8.19. The minimum Gasteiger partial charge on any atom is -0.482 e. The number of para-hydroxylation sites is 1. The fraction of sp³-hybridized carbons (Fsp3) is 0.263. The van der Waals surface area contributed by atoms with Crippen LogP contribution in [0, 0.1) is 0 Å². The molecule has 2 aromatic carbocycles. The van der Waals surface area contributed by atoms with Gasteiger partial charge in [0.15, 0.2) is 13.2 Å². The Morgan fingerprint density at radius 3 is 2.28 bits per heavy atom. The van der Waals surface area contributed by atoms with Crippen LogP contribution in [0.3, 0.4) is 0 Å². The van der Waals surface area contributed by atoms with Gasteiger partial charge in [0.1, 0.15) is 5.75 Å². The molecular formula is C19H20N2O4. The molecule has 2 N–H and O–H groups in total. The van der Waals surface area contributed by atoms with Crippen molar-refractivity contribution in [3.63, 3.8) is 0 Å². The molecule has 0 aromatic heterocycles. The number of nitrogens with one attached hydrogen (secondary N) is 2. The summed E-state index contributed by atoms with van der Waals surface area (Å²) in [7, 11) is 0. The van der Waals surface area contributed by atoms with Gasteiger partial charge in [-0.15, -0.1) is 0 Å². The van der Waals surface area contributed by atoms with E-state index in [1.165, 1.54) is 0 Å². The lowest BCUT2D eigenvalue weighted by atomic mass is 10.2. The Hall–Kier alpha value is -3.02. The van der Waals surface area contributed by atoms with Crippen molar-refractivity contribution in [3.05, 3.63) is 54.6 Å². The second-order valence-electron chi connectivity index (χ2n) is 5.81. The summed E-state index contributed by atoms with van der Waals surface area (Å²) >= 11 is 0. The molecule has 1 fully saturated rings. The van der Waals surface area contributed by atoms with Gasteiger partial charge in [0.2, 0.25) is 0 Å². The number of amides is 1. The quantitative estimate of drug-likeness (QED) is 0.723. The van der Waals surface area contributed by atoms with Crippen LogP contribution in [0.15, 0.2) is 54.6 Å². The normalized spacial score (nSPS) is 13.0. The van der Waals surface area contributed by atoms with Crippen LogP contribution >= 0.6 is 0 Å². The van der Waals surface area contributed by atoms with Gasteiger partial charge in [-0.2, -0.15) is 0 Å². The van der Waals surface area contributed by atoms with E-state index < -0.39 is 5.97 Å². The largest absolute Gasteiger partial charge is 0.482 e. The first-order chi connectivity index (χ1) is 12.2. The van der Waals surface area contributed by atoms with Crippen LogP contribution < -0.4 is 15.4 Å². The zero-order valence-corrected chi connectivity index (χ0v) is 13.7. The van der Waals surface area contributed by atoms with Gasteiger partial charge >= 0.3 is 5.97 Å². The minimum atomic E-state index is -0.572. The summed E-state index contributed by atoms with van der Waals surface area (Å²) in [6.45, 7) is -0.499. The lowest BCUT2D eigenvalue weighted by molar-refractivity contribution is -0.150. The second kappa shape index (κ2) is 8.19. The van der Waals surface area contributed by atoms with Crippen LogP contribution in [-0.2, 0) is 14.3 Å². The molecule has 25 heavy (non-hydrogen) atoms. The summed E-state index contributed by atoms with van der Waals surface area (Å²) in [6.07, 6.45) is 2.00. The zero-order chi connectivity index (χ0) is 17.5. The number of benzene rings is 2. The van der Waals surface area contributed by atoms with E-state index >= 15 is 0 Å². The molecule has 0 unspecified atom stereocenters. The van der Waals surface area contributed by atoms with Crippen molar-refractivity contribution >= 4 is 23.3 Å². The fourth-order valence-electron chi connectivity index (χ4n) is 2.15. The Labute approximate surface area is 146 Å². The predicted octanol–water partition coefficient (Wildman–Crippen LogP) is 2.63. The highest BCUT2D eigenvalue weighted by atomic mass is 16.6. The van der Waals surface area contributed by atoms with Crippen LogP contribution in [0.4, 0.5) is 11.4 Å². The molecule has 1 aliphatic rings. The van der Waals surface area contributed by atoms with E-state index in [1.807, 2.05) is 42.5 Å². The van der Waals surface area contributed by atoms with E-state index in [1.54, 1.807) is 12.1 Å². The Morgan fingerprint density at radius 2 is 1.60 bits per heavy atom. The van der Waals surface area contributed by atoms with Gasteiger partial charge < -0.3 is 20.1 Å². The van der Waals surface area contributed by atoms with E-state index in [0.29, 0.717) is 5.75 Å². The highest BCUT2D eigenvalue weighted by Crippen LogP contribution is 2.20.